The first-order valence-electron chi connectivity index (χ1n) is 4.60. The van der Waals surface area contributed by atoms with Crippen LogP contribution in [0, 0.1) is 0 Å². The molecule has 0 atom stereocenters. The average molecular weight is 246 g/mol. The zero-order valence-corrected chi connectivity index (χ0v) is 8.50. The Balaban J connectivity index is 3.47. The largest absolute Gasteiger partial charge is 0.409 e. The van der Waals surface area contributed by atoms with Crippen molar-refractivity contribution in [3.05, 3.63) is 0 Å². The lowest BCUT2D eigenvalue weighted by molar-refractivity contribution is -0.165. The second kappa shape index (κ2) is 7.26. The molecule has 0 fully saturated rings. The van der Waals surface area contributed by atoms with Crippen molar-refractivity contribution in [1.29, 1.82) is 0 Å². The van der Waals surface area contributed by atoms with Gasteiger partial charge in [0.15, 0.2) is 0 Å². The molecule has 0 aromatic carbocycles. The van der Waals surface area contributed by atoms with Gasteiger partial charge in [-0.05, 0) is 12.8 Å². The summed E-state index contributed by atoms with van der Waals surface area (Å²) in [4.78, 5) is 0. The van der Waals surface area contributed by atoms with Crippen molar-refractivity contribution >= 4 is 5.84 Å². The Hall–Kier alpha value is -1.05. The SMILES string of the molecule is N/C(CCCCOCC(F)(F)C(F)F)=N/O. The molecule has 0 heterocycles. The van der Waals surface area contributed by atoms with Gasteiger partial charge in [0.25, 0.3) is 0 Å². The minimum absolute atomic E-state index is 0.0258. The summed E-state index contributed by atoms with van der Waals surface area (Å²) in [7, 11) is 0. The predicted molar refractivity (Wildman–Crippen MR) is 49.0 cm³/mol. The summed E-state index contributed by atoms with van der Waals surface area (Å²) in [6, 6.07) is 0. The minimum Gasteiger partial charge on any atom is -0.409 e. The number of amidine groups is 1. The molecule has 4 nitrogen and oxygen atoms in total. The van der Waals surface area contributed by atoms with E-state index in [1.54, 1.807) is 0 Å². The maximum Gasteiger partial charge on any atom is 0.330 e. The Morgan fingerprint density at radius 1 is 1.38 bits per heavy atom. The summed E-state index contributed by atoms with van der Waals surface area (Å²) < 4.78 is 52.3. The smallest absolute Gasteiger partial charge is 0.330 e. The van der Waals surface area contributed by atoms with Crippen molar-refractivity contribution < 1.29 is 27.5 Å². The standard InChI is InChI=1S/C8H14F4N2O2/c9-7(10)8(11,12)5-16-4-2-1-3-6(13)14-15/h7,15H,1-5H2,(H2,13,14). The molecule has 0 bridgehead atoms. The Bertz CT molecular complexity index is 224. The average Bonchev–Trinajstić information content (AvgIpc) is 2.22. The first-order chi connectivity index (χ1) is 7.40. The maximum absolute atomic E-state index is 12.3. The molecule has 0 rings (SSSR count). The van der Waals surface area contributed by atoms with Gasteiger partial charge in [0.05, 0.1) is 0 Å². The third-order valence-corrected chi connectivity index (χ3v) is 1.71. The van der Waals surface area contributed by atoms with E-state index in [0.29, 0.717) is 19.3 Å². The van der Waals surface area contributed by atoms with Crippen LogP contribution in [-0.2, 0) is 4.74 Å². The summed E-state index contributed by atoms with van der Waals surface area (Å²) in [5.74, 6) is -4.08. The molecule has 96 valence electrons. The van der Waals surface area contributed by atoms with Gasteiger partial charge < -0.3 is 15.7 Å². The second-order valence-electron chi connectivity index (χ2n) is 3.16. The molecule has 0 aromatic heterocycles. The van der Waals surface area contributed by atoms with E-state index in [0.717, 1.165) is 0 Å². The highest BCUT2D eigenvalue weighted by Crippen LogP contribution is 2.22. The zero-order valence-electron chi connectivity index (χ0n) is 8.50. The fourth-order valence-electron chi connectivity index (χ4n) is 0.831. The zero-order chi connectivity index (χ0) is 12.6. The quantitative estimate of drug-likeness (QED) is 0.171. The Kier molecular flexibility index (Phi) is 6.78. The number of rotatable bonds is 8. The van der Waals surface area contributed by atoms with Gasteiger partial charge in [0.2, 0.25) is 0 Å². The van der Waals surface area contributed by atoms with Gasteiger partial charge in [-0.3, -0.25) is 0 Å². The number of oxime groups is 1. The van der Waals surface area contributed by atoms with E-state index in [1.807, 2.05) is 0 Å². The monoisotopic (exact) mass is 246 g/mol. The van der Waals surface area contributed by atoms with Gasteiger partial charge in [-0.2, -0.15) is 8.78 Å². The van der Waals surface area contributed by atoms with Gasteiger partial charge in [0, 0.05) is 13.0 Å². The van der Waals surface area contributed by atoms with E-state index < -0.39 is 19.0 Å². The lowest BCUT2D eigenvalue weighted by atomic mass is 10.2. The van der Waals surface area contributed by atoms with Crippen LogP contribution in [0.2, 0.25) is 0 Å². The fraction of sp³-hybridized carbons (Fsp3) is 0.875. The lowest BCUT2D eigenvalue weighted by Crippen LogP contribution is -2.32. The summed E-state index contributed by atoms with van der Waals surface area (Å²) in [5.41, 5.74) is 5.14. The van der Waals surface area contributed by atoms with Crippen LogP contribution in [0.25, 0.3) is 0 Å². The van der Waals surface area contributed by atoms with E-state index >= 15 is 0 Å². The van der Waals surface area contributed by atoms with Crippen LogP contribution in [0.5, 0.6) is 0 Å². The number of halogens is 4. The van der Waals surface area contributed by atoms with Crippen LogP contribution in [-0.4, -0.2) is 36.6 Å². The molecule has 3 N–H and O–H groups in total. The number of hydrogen-bond acceptors (Lipinski definition) is 3. The second-order valence-corrected chi connectivity index (χ2v) is 3.16. The highest BCUT2D eigenvalue weighted by atomic mass is 19.3. The molecule has 0 aromatic rings. The number of nitrogens with zero attached hydrogens (tertiary/aromatic N) is 1. The number of nitrogens with two attached hydrogens (primary N) is 1. The topological polar surface area (TPSA) is 67.8 Å². The Morgan fingerprint density at radius 3 is 2.50 bits per heavy atom. The highest BCUT2D eigenvalue weighted by molar-refractivity contribution is 5.79. The normalized spacial score (nSPS) is 13.4. The molecule has 0 aliphatic rings. The summed E-state index contributed by atoms with van der Waals surface area (Å²) in [5, 5.41) is 10.9. The molecule has 0 spiro atoms. The van der Waals surface area contributed by atoms with Crippen molar-refractivity contribution in [1.82, 2.24) is 0 Å². The molecule has 0 radical (unpaired) electrons. The van der Waals surface area contributed by atoms with Crippen molar-refractivity contribution in [2.24, 2.45) is 10.9 Å². The molecule has 0 aliphatic heterocycles. The van der Waals surface area contributed by atoms with Crippen molar-refractivity contribution in [3.8, 4) is 0 Å². The number of hydrogen-bond donors (Lipinski definition) is 2. The molecular formula is C8H14F4N2O2. The molecule has 16 heavy (non-hydrogen) atoms. The molecule has 8 heteroatoms. The van der Waals surface area contributed by atoms with Gasteiger partial charge >= 0.3 is 12.3 Å². The van der Waals surface area contributed by atoms with E-state index in [9.17, 15) is 17.6 Å². The van der Waals surface area contributed by atoms with Crippen LogP contribution in [0.4, 0.5) is 17.6 Å². The molecule has 0 saturated heterocycles. The van der Waals surface area contributed by atoms with Gasteiger partial charge in [-0.25, -0.2) is 8.78 Å². The van der Waals surface area contributed by atoms with Gasteiger partial charge in [-0.15, -0.1) is 0 Å². The molecule has 0 aliphatic carbocycles. The van der Waals surface area contributed by atoms with Crippen LogP contribution in [0.1, 0.15) is 19.3 Å². The highest BCUT2D eigenvalue weighted by Gasteiger charge is 2.40. The van der Waals surface area contributed by atoms with Crippen LogP contribution in [0.15, 0.2) is 5.16 Å². The maximum atomic E-state index is 12.3. The van der Waals surface area contributed by atoms with Gasteiger partial charge in [-0.1, -0.05) is 5.16 Å². The first-order valence-corrected chi connectivity index (χ1v) is 4.60. The molecule has 0 unspecified atom stereocenters. The number of alkyl halides is 4. The minimum atomic E-state index is -4.11. The first kappa shape index (κ1) is 14.9. The number of unbranched alkanes of at least 4 members (excludes halogenated alkanes) is 1. The number of ether oxygens (including phenoxy) is 1. The predicted octanol–water partition coefficient (Wildman–Crippen LogP) is 1.82. The lowest BCUT2D eigenvalue weighted by Gasteiger charge is -2.14. The Morgan fingerprint density at radius 2 is 2.00 bits per heavy atom. The van der Waals surface area contributed by atoms with Gasteiger partial charge in [0.1, 0.15) is 12.4 Å². The van der Waals surface area contributed by atoms with E-state index in [2.05, 4.69) is 9.89 Å². The molecular weight excluding hydrogens is 232 g/mol. The summed E-state index contributed by atoms with van der Waals surface area (Å²) in [6.45, 7) is -1.37. The Labute approximate surface area is 90.1 Å². The summed E-state index contributed by atoms with van der Waals surface area (Å²) >= 11 is 0. The van der Waals surface area contributed by atoms with E-state index in [4.69, 9.17) is 10.9 Å². The third-order valence-electron chi connectivity index (χ3n) is 1.71. The van der Waals surface area contributed by atoms with Crippen molar-refractivity contribution in [3.63, 3.8) is 0 Å². The molecule has 0 amide bonds. The fourth-order valence-corrected chi connectivity index (χ4v) is 0.831. The van der Waals surface area contributed by atoms with Crippen LogP contribution in [0.3, 0.4) is 0 Å². The molecule has 0 saturated carbocycles. The van der Waals surface area contributed by atoms with Crippen molar-refractivity contribution in [2.45, 2.75) is 31.6 Å². The summed E-state index contributed by atoms with van der Waals surface area (Å²) in [6.07, 6.45) is -2.58. The van der Waals surface area contributed by atoms with Crippen LogP contribution >= 0.6 is 0 Å². The van der Waals surface area contributed by atoms with E-state index in [1.165, 1.54) is 0 Å². The van der Waals surface area contributed by atoms with Crippen molar-refractivity contribution in [2.75, 3.05) is 13.2 Å². The van der Waals surface area contributed by atoms with E-state index in [-0.39, 0.29) is 12.4 Å². The third kappa shape index (κ3) is 6.44. The van der Waals surface area contributed by atoms with Crippen LogP contribution < -0.4 is 5.73 Å².